The van der Waals surface area contributed by atoms with Gasteiger partial charge in [-0.25, -0.2) is 4.79 Å². The van der Waals surface area contributed by atoms with Crippen LogP contribution in [0, 0.1) is 0 Å². The van der Waals surface area contributed by atoms with E-state index in [2.05, 4.69) is 11.3 Å². The second kappa shape index (κ2) is 8.73. The zero-order chi connectivity index (χ0) is 7.11. The summed E-state index contributed by atoms with van der Waals surface area (Å²) < 4.78 is 4.67. The van der Waals surface area contributed by atoms with Gasteiger partial charge in [-0.15, -0.1) is 0 Å². The van der Waals surface area contributed by atoms with E-state index in [1.54, 1.807) is 0 Å². The first-order valence-electron chi connectivity index (χ1n) is 3.10. The molecule has 2 nitrogen and oxygen atoms in total. The van der Waals surface area contributed by atoms with Gasteiger partial charge in [0.2, 0.25) is 0 Å². The van der Waals surface area contributed by atoms with Crippen molar-refractivity contribution < 1.29 is 26.6 Å². The van der Waals surface area contributed by atoms with Crippen LogP contribution in [0.4, 0.5) is 0 Å². The number of carbonyl (C=O) groups is 1. The van der Waals surface area contributed by atoms with Crippen LogP contribution in [0.5, 0.6) is 0 Å². The molecule has 0 fully saturated rings. The first kappa shape index (κ1) is 12.4. The fourth-order valence-corrected chi connectivity index (χ4v) is 0.376. The third-order valence-electron chi connectivity index (χ3n) is 0.909. The number of rotatable bonds is 4. The summed E-state index contributed by atoms with van der Waals surface area (Å²) in [5, 5.41) is 0. The molecule has 0 aromatic heterocycles. The molecule has 0 saturated carbocycles. The van der Waals surface area contributed by atoms with Crippen LogP contribution in [0.15, 0.2) is 12.7 Å². The Labute approximate surface area is 72.1 Å². The topological polar surface area (TPSA) is 26.3 Å². The summed E-state index contributed by atoms with van der Waals surface area (Å²) >= 11 is 0. The fourth-order valence-electron chi connectivity index (χ4n) is 0.376. The van der Waals surface area contributed by atoms with Crippen LogP contribution in [0.25, 0.3) is 0 Å². The Kier molecular flexibility index (Phi) is 10.8. The van der Waals surface area contributed by atoms with Gasteiger partial charge in [-0.3, -0.25) is 0 Å². The largest absolute Gasteiger partial charge is 0.463 e. The summed E-state index contributed by atoms with van der Waals surface area (Å²) in [5.41, 5.74) is 0. The zero-order valence-corrected chi connectivity index (χ0v) is 7.18. The van der Waals surface area contributed by atoms with Gasteiger partial charge < -0.3 is 4.74 Å². The van der Waals surface area contributed by atoms with Gasteiger partial charge in [0.05, 0.1) is 6.61 Å². The molecule has 0 radical (unpaired) electrons. The molecule has 60 valence electrons. The first-order chi connectivity index (χ1) is 4.31. The van der Waals surface area contributed by atoms with Crippen LogP contribution in [0.3, 0.4) is 0 Å². The normalized spacial score (nSPS) is 7.70. The van der Waals surface area contributed by atoms with Gasteiger partial charge in [-0.2, -0.15) is 0 Å². The number of hydrogen-bond acceptors (Lipinski definition) is 2. The Balaban J connectivity index is 0. The minimum Gasteiger partial charge on any atom is -0.463 e. The number of unbranched alkanes of at least 4 members (excludes halogenated alkanes) is 1. The van der Waals surface area contributed by atoms with Gasteiger partial charge in [0.15, 0.2) is 0 Å². The molecule has 0 aliphatic carbocycles. The summed E-state index contributed by atoms with van der Waals surface area (Å²) in [6.45, 7) is 5.82. The van der Waals surface area contributed by atoms with Crippen molar-refractivity contribution >= 4 is 5.97 Å². The minimum atomic E-state index is -0.330. The second-order valence-corrected chi connectivity index (χ2v) is 1.73. The van der Waals surface area contributed by atoms with Crippen LogP contribution in [-0.2, 0) is 26.6 Å². The van der Waals surface area contributed by atoms with E-state index in [1.165, 1.54) is 6.08 Å². The van der Waals surface area contributed by atoms with E-state index in [-0.39, 0.29) is 23.0 Å². The zero-order valence-electron chi connectivity index (χ0n) is 6.08. The predicted molar refractivity (Wildman–Crippen MR) is 36.1 cm³/mol. The van der Waals surface area contributed by atoms with Crippen molar-refractivity contribution in [3.63, 3.8) is 0 Å². The molecule has 0 aromatic carbocycles. The molecule has 0 unspecified atom stereocenters. The van der Waals surface area contributed by atoms with Gasteiger partial charge in [-0.1, -0.05) is 19.9 Å². The SMILES string of the molecule is C=CC(=O)OCCCC.[Fe]. The van der Waals surface area contributed by atoms with Gasteiger partial charge >= 0.3 is 5.97 Å². The summed E-state index contributed by atoms with van der Waals surface area (Å²) in [6.07, 6.45) is 3.15. The molecule has 0 bridgehead atoms. The molecular weight excluding hydrogens is 172 g/mol. The summed E-state index contributed by atoms with van der Waals surface area (Å²) in [7, 11) is 0. The molecule has 0 amide bonds. The standard InChI is InChI=1S/C7H12O2.Fe/c1-3-5-6-9-7(8)4-2;/h4H,2-3,5-6H2,1H3;. The van der Waals surface area contributed by atoms with Gasteiger partial charge in [0, 0.05) is 23.1 Å². The average molecular weight is 184 g/mol. The van der Waals surface area contributed by atoms with Crippen LogP contribution in [0.2, 0.25) is 0 Å². The predicted octanol–water partition coefficient (Wildman–Crippen LogP) is 1.51. The van der Waals surface area contributed by atoms with Crippen LogP contribution < -0.4 is 0 Å². The molecule has 0 rings (SSSR count). The first-order valence-corrected chi connectivity index (χ1v) is 3.10. The summed E-state index contributed by atoms with van der Waals surface area (Å²) in [6, 6.07) is 0. The Morgan fingerprint density at radius 2 is 2.30 bits per heavy atom. The third kappa shape index (κ3) is 7.73. The van der Waals surface area contributed by atoms with Crippen LogP contribution >= 0.6 is 0 Å². The van der Waals surface area contributed by atoms with Crippen molar-refractivity contribution in [3.8, 4) is 0 Å². The number of ether oxygens (including phenoxy) is 1. The molecular formula is C7H12FeO2. The molecule has 3 heteroatoms. The number of esters is 1. The smallest absolute Gasteiger partial charge is 0.330 e. The number of carbonyl (C=O) groups excluding carboxylic acids is 1. The Morgan fingerprint density at radius 1 is 1.70 bits per heavy atom. The van der Waals surface area contributed by atoms with Crippen molar-refractivity contribution in [2.24, 2.45) is 0 Å². The summed E-state index contributed by atoms with van der Waals surface area (Å²) in [5.74, 6) is -0.330. The molecule has 0 spiro atoms. The van der Waals surface area contributed by atoms with E-state index >= 15 is 0 Å². The molecule has 0 aliphatic heterocycles. The number of hydrogen-bond donors (Lipinski definition) is 0. The van der Waals surface area contributed by atoms with Crippen molar-refractivity contribution in [1.29, 1.82) is 0 Å². The Morgan fingerprint density at radius 3 is 2.70 bits per heavy atom. The van der Waals surface area contributed by atoms with E-state index in [4.69, 9.17) is 0 Å². The maximum Gasteiger partial charge on any atom is 0.330 e. The molecule has 0 aliphatic rings. The summed E-state index contributed by atoms with van der Waals surface area (Å²) in [4.78, 5) is 10.3. The third-order valence-corrected chi connectivity index (χ3v) is 0.909. The molecule has 0 saturated heterocycles. The molecule has 0 N–H and O–H groups in total. The van der Waals surface area contributed by atoms with Gasteiger partial charge in [0.1, 0.15) is 0 Å². The Hall–Kier alpha value is -0.271. The Bertz CT molecular complexity index is 102. The van der Waals surface area contributed by atoms with Crippen molar-refractivity contribution in [2.45, 2.75) is 19.8 Å². The minimum absolute atomic E-state index is 0. The molecule has 10 heavy (non-hydrogen) atoms. The van der Waals surface area contributed by atoms with Crippen molar-refractivity contribution in [1.82, 2.24) is 0 Å². The molecule has 0 heterocycles. The van der Waals surface area contributed by atoms with Crippen molar-refractivity contribution in [2.75, 3.05) is 6.61 Å². The van der Waals surface area contributed by atoms with Gasteiger partial charge in [0.25, 0.3) is 0 Å². The van der Waals surface area contributed by atoms with Crippen LogP contribution in [0.1, 0.15) is 19.8 Å². The van der Waals surface area contributed by atoms with Crippen molar-refractivity contribution in [3.05, 3.63) is 12.7 Å². The van der Waals surface area contributed by atoms with Crippen LogP contribution in [-0.4, -0.2) is 12.6 Å². The van der Waals surface area contributed by atoms with Gasteiger partial charge in [-0.05, 0) is 6.42 Å². The van der Waals surface area contributed by atoms with E-state index in [0.29, 0.717) is 6.61 Å². The maximum absolute atomic E-state index is 10.3. The second-order valence-electron chi connectivity index (χ2n) is 1.73. The molecule has 0 aromatic rings. The van der Waals surface area contributed by atoms with E-state index in [9.17, 15) is 4.79 Å². The maximum atomic E-state index is 10.3. The monoisotopic (exact) mass is 184 g/mol. The quantitative estimate of drug-likeness (QED) is 0.286. The van der Waals surface area contributed by atoms with E-state index < -0.39 is 0 Å². The van der Waals surface area contributed by atoms with E-state index in [1.807, 2.05) is 6.92 Å². The fraction of sp³-hybridized carbons (Fsp3) is 0.571. The van der Waals surface area contributed by atoms with E-state index in [0.717, 1.165) is 12.8 Å². The molecule has 0 atom stereocenters. The average Bonchev–Trinajstić information content (AvgIpc) is 1.89.